The molecule has 1 heterocycles. The molecule has 0 saturated carbocycles. The third kappa shape index (κ3) is 4.79. The largest absolute Gasteiger partial charge is 0.521 e. The normalized spacial score (nSPS) is 24.3. The quantitative estimate of drug-likeness (QED) is 0.620. The molecule has 1 aliphatic heterocycles. The smallest absolute Gasteiger partial charge is 0.435 e. The molecule has 3 rings (SSSR count). The number of carbonyl (C=O) groups is 3. The van der Waals surface area contributed by atoms with E-state index in [1.807, 2.05) is 43.3 Å². The Hall–Kier alpha value is -2.09. The molecule has 1 unspecified atom stereocenters. The average Bonchev–Trinajstić information content (AvgIpc) is 3.09. The number of hydrogen-bond acceptors (Lipinski definition) is 5. The summed E-state index contributed by atoms with van der Waals surface area (Å²) in [6.45, 7) is 3.82. The lowest BCUT2D eigenvalue weighted by Crippen LogP contribution is -2.61. The maximum absolute atomic E-state index is 13.3. The number of amides is 2. The van der Waals surface area contributed by atoms with Gasteiger partial charge in [0.05, 0.1) is 11.2 Å². The highest BCUT2D eigenvalue weighted by molar-refractivity contribution is 8.14. The summed E-state index contributed by atoms with van der Waals surface area (Å²) in [6.07, 6.45) is -0.449. The molecule has 4 atom stereocenters. The van der Waals surface area contributed by atoms with E-state index in [1.54, 1.807) is 43.0 Å². The second-order valence-electron chi connectivity index (χ2n) is 7.68. The highest BCUT2D eigenvalue weighted by Crippen LogP contribution is 2.39. The number of quaternary nitrogens is 1. The van der Waals surface area contributed by atoms with E-state index in [0.29, 0.717) is 12.0 Å². The summed E-state index contributed by atoms with van der Waals surface area (Å²) in [5.41, 5.74) is 0.582. The highest BCUT2D eigenvalue weighted by Gasteiger charge is 2.57. The van der Waals surface area contributed by atoms with Crippen LogP contribution >= 0.6 is 23.5 Å². The number of thioether (sulfide) groups is 2. The van der Waals surface area contributed by atoms with Crippen LogP contribution in [0.25, 0.3) is 0 Å². The summed E-state index contributed by atoms with van der Waals surface area (Å²) in [6, 6.07) is 18.4. The van der Waals surface area contributed by atoms with E-state index >= 15 is 0 Å². The van der Waals surface area contributed by atoms with Gasteiger partial charge in [-0.2, -0.15) is 9.28 Å². The van der Waals surface area contributed by atoms with Crippen LogP contribution in [0, 0.1) is 5.92 Å². The van der Waals surface area contributed by atoms with Gasteiger partial charge in [-0.05, 0) is 26.0 Å². The van der Waals surface area contributed by atoms with Crippen molar-refractivity contribution in [3.8, 4) is 0 Å². The first-order valence-corrected chi connectivity index (χ1v) is 11.8. The maximum Gasteiger partial charge on any atom is 0.521 e. The summed E-state index contributed by atoms with van der Waals surface area (Å²) in [7, 11) is 0. The van der Waals surface area contributed by atoms with Crippen molar-refractivity contribution in [1.82, 2.24) is 0 Å². The number of carboxylic acid groups (broad SMARTS) is 1. The molecule has 2 amide bonds. The van der Waals surface area contributed by atoms with Gasteiger partial charge in [-0.25, -0.2) is 4.79 Å². The molecule has 1 N–H and O–H groups in total. The van der Waals surface area contributed by atoms with Gasteiger partial charge in [-0.1, -0.05) is 60.3 Å². The molecule has 1 saturated heterocycles. The van der Waals surface area contributed by atoms with E-state index < -0.39 is 16.5 Å². The first-order chi connectivity index (χ1) is 14.3. The van der Waals surface area contributed by atoms with Crippen LogP contribution in [0.1, 0.15) is 30.6 Å². The van der Waals surface area contributed by atoms with Gasteiger partial charge < -0.3 is 5.11 Å². The molecule has 5 nitrogen and oxygen atoms in total. The maximum atomic E-state index is 13.3. The second-order valence-corrected chi connectivity index (χ2v) is 10.0. The Morgan fingerprint density at radius 3 is 2.27 bits per heavy atom. The lowest BCUT2D eigenvalue weighted by atomic mass is 10.1. The van der Waals surface area contributed by atoms with Crippen LogP contribution in [0.15, 0.2) is 65.6 Å². The van der Waals surface area contributed by atoms with Crippen LogP contribution in [0.5, 0.6) is 0 Å². The monoisotopic (exact) mass is 444 g/mol. The van der Waals surface area contributed by atoms with E-state index in [2.05, 4.69) is 0 Å². The van der Waals surface area contributed by atoms with E-state index in [-0.39, 0.29) is 34.6 Å². The Labute approximate surface area is 185 Å². The lowest BCUT2D eigenvalue weighted by Gasteiger charge is -2.31. The standard InChI is InChI=1S/C23H25NO4S2/c1-16(15-29-22(26)18-9-5-3-6-10-18)21(25)24(23(27)28)14-20(13-17(24)2)30-19-11-7-4-8-12-19/h3-12,16-17,20H,13-15H2,1-2H3/p+1/t16?,17-,20+,24-/m1/s1. The average molecular weight is 445 g/mol. The van der Waals surface area contributed by atoms with Crippen molar-refractivity contribution < 1.29 is 24.0 Å². The van der Waals surface area contributed by atoms with E-state index in [1.165, 1.54) is 0 Å². The van der Waals surface area contributed by atoms with Crippen molar-refractivity contribution in [2.24, 2.45) is 5.92 Å². The Morgan fingerprint density at radius 1 is 1.07 bits per heavy atom. The predicted octanol–water partition coefficient (Wildman–Crippen LogP) is 5.17. The van der Waals surface area contributed by atoms with Gasteiger partial charge in [-0.3, -0.25) is 4.79 Å². The molecule has 2 aromatic rings. The number of benzene rings is 2. The summed E-state index contributed by atoms with van der Waals surface area (Å²) >= 11 is 2.70. The van der Waals surface area contributed by atoms with Gasteiger partial charge in [0.25, 0.3) is 0 Å². The first-order valence-electron chi connectivity index (χ1n) is 9.94. The summed E-state index contributed by atoms with van der Waals surface area (Å²) in [4.78, 5) is 39.1. The van der Waals surface area contributed by atoms with Crippen molar-refractivity contribution in [2.45, 2.75) is 36.5 Å². The van der Waals surface area contributed by atoms with Gasteiger partial charge in [0, 0.05) is 22.6 Å². The summed E-state index contributed by atoms with van der Waals surface area (Å²) in [5, 5.41) is 10.0. The predicted molar refractivity (Wildman–Crippen MR) is 121 cm³/mol. The van der Waals surface area contributed by atoms with Crippen molar-refractivity contribution in [3.05, 3.63) is 66.2 Å². The summed E-state index contributed by atoms with van der Waals surface area (Å²) < 4.78 is -0.564. The zero-order valence-electron chi connectivity index (χ0n) is 17.1. The zero-order chi connectivity index (χ0) is 21.7. The molecule has 1 aliphatic rings. The number of likely N-dealkylation sites (tertiary alicyclic amines) is 1. The molecule has 0 aromatic heterocycles. The van der Waals surface area contributed by atoms with Gasteiger partial charge in [-0.15, -0.1) is 11.8 Å². The number of imide groups is 1. The fourth-order valence-corrected chi connectivity index (χ4v) is 6.13. The van der Waals surface area contributed by atoms with Crippen LogP contribution in [0.4, 0.5) is 4.79 Å². The minimum absolute atomic E-state index is 0.0493. The van der Waals surface area contributed by atoms with Gasteiger partial charge in [0.1, 0.15) is 12.6 Å². The Kier molecular flexibility index (Phi) is 7.39. The SMILES string of the molecule is CC(CSC(=O)c1ccccc1)C(=O)[N@@+]1(C(=O)O)C[C@@H](Sc2ccccc2)C[C@H]1C. The second kappa shape index (κ2) is 9.81. The fourth-order valence-electron chi connectivity index (χ4n) is 3.90. The molecule has 0 spiro atoms. The van der Waals surface area contributed by atoms with Crippen LogP contribution in [0.3, 0.4) is 0 Å². The molecule has 0 aliphatic carbocycles. The minimum Gasteiger partial charge on any atom is -0.435 e. The molecule has 2 aromatic carbocycles. The molecule has 0 radical (unpaired) electrons. The Bertz CT molecular complexity index is 906. The van der Waals surface area contributed by atoms with Crippen molar-refractivity contribution in [1.29, 1.82) is 0 Å². The third-order valence-corrected chi connectivity index (χ3v) is 7.91. The van der Waals surface area contributed by atoms with Crippen molar-refractivity contribution >= 4 is 40.6 Å². The van der Waals surface area contributed by atoms with Crippen LogP contribution < -0.4 is 0 Å². The van der Waals surface area contributed by atoms with Crippen molar-refractivity contribution in [2.75, 3.05) is 12.3 Å². The zero-order valence-corrected chi connectivity index (χ0v) is 18.7. The van der Waals surface area contributed by atoms with Crippen molar-refractivity contribution in [3.63, 3.8) is 0 Å². The third-order valence-electron chi connectivity index (χ3n) is 5.52. The van der Waals surface area contributed by atoms with Crippen LogP contribution in [-0.2, 0) is 4.79 Å². The number of rotatable bonds is 6. The molecule has 158 valence electrons. The molecular formula is C23H26NO4S2+. The fraction of sp³-hybridized carbons (Fsp3) is 0.348. The minimum atomic E-state index is -1.10. The van der Waals surface area contributed by atoms with Gasteiger partial charge in [0.2, 0.25) is 5.12 Å². The molecule has 1 fully saturated rings. The highest BCUT2D eigenvalue weighted by atomic mass is 32.2. The van der Waals surface area contributed by atoms with Gasteiger partial charge in [0.15, 0.2) is 0 Å². The lowest BCUT2D eigenvalue weighted by molar-refractivity contribution is -0.793. The molecule has 30 heavy (non-hydrogen) atoms. The number of carbonyl (C=O) groups excluding carboxylic acids is 2. The topological polar surface area (TPSA) is 71.4 Å². The molecule has 0 bridgehead atoms. The first kappa shape index (κ1) is 22.6. The summed E-state index contributed by atoms with van der Waals surface area (Å²) in [5.74, 6) is -0.593. The molecule has 7 heteroatoms. The molecular weight excluding hydrogens is 418 g/mol. The Balaban J connectivity index is 1.69. The van der Waals surface area contributed by atoms with Gasteiger partial charge >= 0.3 is 12.0 Å². The number of hydrogen-bond donors (Lipinski definition) is 1. The van der Waals surface area contributed by atoms with Crippen LogP contribution in [-0.4, -0.2) is 50.3 Å². The Morgan fingerprint density at radius 2 is 1.67 bits per heavy atom. The van der Waals surface area contributed by atoms with E-state index in [4.69, 9.17) is 0 Å². The van der Waals surface area contributed by atoms with Crippen LogP contribution in [0.2, 0.25) is 0 Å². The van der Waals surface area contributed by atoms with E-state index in [9.17, 15) is 19.5 Å². The number of nitrogens with zero attached hydrogens (tertiary/aromatic N) is 1. The van der Waals surface area contributed by atoms with E-state index in [0.717, 1.165) is 16.7 Å².